The van der Waals surface area contributed by atoms with Crippen molar-refractivity contribution in [3.63, 3.8) is 0 Å². The van der Waals surface area contributed by atoms with Crippen molar-refractivity contribution in [3.8, 4) is 0 Å². The van der Waals surface area contributed by atoms with Crippen LogP contribution < -0.4 is 5.32 Å². The van der Waals surface area contributed by atoms with E-state index in [-0.39, 0.29) is 0 Å². The van der Waals surface area contributed by atoms with Gasteiger partial charge in [-0.05, 0) is 33.1 Å². The highest BCUT2D eigenvalue weighted by Gasteiger charge is 2.06. The Hall–Kier alpha value is -0.340. The molecule has 0 aromatic heterocycles. The van der Waals surface area contributed by atoms with Crippen molar-refractivity contribution in [3.05, 3.63) is 12.2 Å². The van der Waals surface area contributed by atoms with Crippen LogP contribution >= 0.6 is 0 Å². The molecule has 76 valence electrons. The molecule has 1 N–H and O–H groups in total. The fourth-order valence-corrected chi connectivity index (χ4v) is 1.52. The summed E-state index contributed by atoms with van der Waals surface area (Å²) < 4.78 is 5.45. The van der Waals surface area contributed by atoms with Crippen LogP contribution in [-0.4, -0.2) is 25.3 Å². The minimum atomic E-state index is 0.351. The molecule has 1 atom stereocenters. The van der Waals surface area contributed by atoms with E-state index in [0.29, 0.717) is 12.1 Å². The monoisotopic (exact) mass is 183 g/mol. The zero-order chi connectivity index (χ0) is 9.52. The maximum absolute atomic E-state index is 5.45. The Morgan fingerprint density at radius 1 is 1.54 bits per heavy atom. The Kier molecular flexibility index (Phi) is 5.09. The summed E-state index contributed by atoms with van der Waals surface area (Å²) in [5.41, 5.74) is 0. The second-order valence-corrected chi connectivity index (χ2v) is 3.84. The molecular formula is C11H21NO. The van der Waals surface area contributed by atoms with Crippen LogP contribution in [-0.2, 0) is 4.74 Å². The van der Waals surface area contributed by atoms with E-state index in [1.807, 2.05) is 0 Å². The first-order chi connectivity index (χ1) is 6.29. The zero-order valence-corrected chi connectivity index (χ0v) is 8.75. The molecule has 0 bridgehead atoms. The normalized spacial score (nSPS) is 22.5. The number of nitrogens with one attached hydrogen (secondary N) is 1. The van der Waals surface area contributed by atoms with Gasteiger partial charge in [0.15, 0.2) is 0 Å². The third kappa shape index (κ3) is 5.06. The summed E-state index contributed by atoms with van der Waals surface area (Å²) in [6, 6.07) is 0.588. The molecule has 0 fully saturated rings. The lowest BCUT2D eigenvalue weighted by Crippen LogP contribution is -2.31. The molecule has 1 rings (SSSR count). The molecule has 0 heterocycles. The molecule has 0 amide bonds. The first-order valence-corrected chi connectivity index (χ1v) is 5.30. The lowest BCUT2D eigenvalue weighted by Gasteiger charge is -2.18. The number of rotatable bonds is 5. The molecule has 0 radical (unpaired) electrons. The van der Waals surface area contributed by atoms with Gasteiger partial charge in [0.05, 0.1) is 12.7 Å². The fourth-order valence-electron chi connectivity index (χ4n) is 1.52. The summed E-state index contributed by atoms with van der Waals surface area (Å²) in [5, 5.41) is 3.47. The van der Waals surface area contributed by atoms with Gasteiger partial charge in [-0.2, -0.15) is 0 Å². The van der Waals surface area contributed by atoms with Gasteiger partial charge >= 0.3 is 0 Å². The van der Waals surface area contributed by atoms with Gasteiger partial charge in [0, 0.05) is 12.6 Å². The van der Waals surface area contributed by atoms with Gasteiger partial charge in [0.2, 0.25) is 0 Å². The maximum Gasteiger partial charge on any atom is 0.0594 e. The highest BCUT2D eigenvalue weighted by atomic mass is 16.5. The lowest BCUT2D eigenvalue weighted by atomic mass is 10.0. The molecule has 1 aliphatic carbocycles. The molecule has 13 heavy (non-hydrogen) atoms. The molecular weight excluding hydrogens is 162 g/mol. The Balaban J connectivity index is 1.98. The van der Waals surface area contributed by atoms with Crippen LogP contribution in [0.2, 0.25) is 0 Å². The molecule has 2 heteroatoms. The summed E-state index contributed by atoms with van der Waals surface area (Å²) in [7, 11) is 0. The third-order valence-corrected chi connectivity index (χ3v) is 2.21. The molecule has 0 spiro atoms. The van der Waals surface area contributed by atoms with Gasteiger partial charge in [-0.15, -0.1) is 0 Å². The Morgan fingerprint density at radius 2 is 2.38 bits per heavy atom. The topological polar surface area (TPSA) is 21.3 Å². The first-order valence-electron chi connectivity index (χ1n) is 5.30. The van der Waals surface area contributed by atoms with Crippen LogP contribution in [0.4, 0.5) is 0 Å². The number of hydrogen-bond donors (Lipinski definition) is 1. The first kappa shape index (κ1) is 10.7. The minimum Gasteiger partial charge on any atom is -0.377 e. The van der Waals surface area contributed by atoms with Gasteiger partial charge in [-0.3, -0.25) is 0 Å². The van der Waals surface area contributed by atoms with Gasteiger partial charge in [-0.1, -0.05) is 12.2 Å². The summed E-state index contributed by atoms with van der Waals surface area (Å²) >= 11 is 0. The van der Waals surface area contributed by atoms with E-state index < -0.39 is 0 Å². The average Bonchev–Trinajstić information content (AvgIpc) is 2.14. The lowest BCUT2D eigenvalue weighted by molar-refractivity contribution is 0.0798. The van der Waals surface area contributed by atoms with Crippen LogP contribution in [0.5, 0.6) is 0 Å². The Morgan fingerprint density at radius 3 is 3.00 bits per heavy atom. The number of allylic oxidation sites excluding steroid dienone is 1. The van der Waals surface area contributed by atoms with Crippen molar-refractivity contribution in [2.75, 3.05) is 13.2 Å². The standard InChI is InChI=1S/C11H21NO/c1-10(2)13-9-8-12-11-6-4-3-5-7-11/h4,6,10-12H,3,5,7-9H2,1-2H3. The number of ether oxygens (including phenoxy) is 1. The van der Waals surface area contributed by atoms with Crippen LogP contribution in [0, 0.1) is 0 Å². The van der Waals surface area contributed by atoms with Gasteiger partial charge < -0.3 is 10.1 Å². The summed E-state index contributed by atoms with van der Waals surface area (Å²) in [6.07, 6.45) is 8.74. The minimum absolute atomic E-state index is 0.351. The summed E-state index contributed by atoms with van der Waals surface area (Å²) in [5.74, 6) is 0. The zero-order valence-electron chi connectivity index (χ0n) is 8.75. The van der Waals surface area contributed by atoms with Crippen molar-refractivity contribution in [2.45, 2.75) is 45.3 Å². The van der Waals surface area contributed by atoms with Gasteiger partial charge in [-0.25, -0.2) is 0 Å². The van der Waals surface area contributed by atoms with Crippen LogP contribution in [0.3, 0.4) is 0 Å². The fraction of sp³-hybridized carbons (Fsp3) is 0.818. The second kappa shape index (κ2) is 6.17. The van der Waals surface area contributed by atoms with Crippen LogP contribution in [0.25, 0.3) is 0 Å². The third-order valence-electron chi connectivity index (χ3n) is 2.21. The molecule has 1 unspecified atom stereocenters. The van der Waals surface area contributed by atoms with E-state index in [1.54, 1.807) is 0 Å². The van der Waals surface area contributed by atoms with Crippen LogP contribution in [0.1, 0.15) is 33.1 Å². The van der Waals surface area contributed by atoms with E-state index in [1.165, 1.54) is 19.3 Å². The smallest absolute Gasteiger partial charge is 0.0594 e. The average molecular weight is 183 g/mol. The predicted molar refractivity (Wildman–Crippen MR) is 55.9 cm³/mol. The van der Waals surface area contributed by atoms with Crippen molar-refractivity contribution in [1.82, 2.24) is 5.32 Å². The quantitative estimate of drug-likeness (QED) is 0.520. The summed E-state index contributed by atoms with van der Waals surface area (Å²) in [4.78, 5) is 0. The highest BCUT2D eigenvalue weighted by Crippen LogP contribution is 2.09. The number of hydrogen-bond acceptors (Lipinski definition) is 2. The molecule has 2 nitrogen and oxygen atoms in total. The van der Waals surface area contributed by atoms with Gasteiger partial charge in [0.1, 0.15) is 0 Å². The van der Waals surface area contributed by atoms with E-state index >= 15 is 0 Å². The van der Waals surface area contributed by atoms with E-state index in [2.05, 4.69) is 31.3 Å². The Labute approximate surface area is 81.4 Å². The van der Waals surface area contributed by atoms with Crippen LogP contribution in [0.15, 0.2) is 12.2 Å². The van der Waals surface area contributed by atoms with E-state index in [0.717, 1.165) is 13.2 Å². The molecule has 0 saturated carbocycles. The maximum atomic E-state index is 5.45. The Bertz CT molecular complexity index is 154. The van der Waals surface area contributed by atoms with Gasteiger partial charge in [0.25, 0.3) is 0 Å². The summed E-state index contributed by atoms with van der Waals surface area (Å²) in [6.45, 7) is 5.93. The van der Waals surface area contributed by atoms with E-state index in [9.17, 15) is 0 Å². The largest absolute Gasteiger partial charge is 0.377 e. The van der Waals surface area contributed by atoms with Crippen molar-refractivity contribution in [1.29, 1.82) is 0 Å². The molecule has 0 aliphatic heterocycles. The molecule has 1 aliphatic rings. The molecule has 0 saturated heterocycles. The van der Waals surface area contributed by atoms with Crippen molar-refractivity contribution < 1.29 is 4.74 Å². The molecule has 0 aromatic rings. The SMILES string of the molecule is CC(C)OCCNC1C=CCCC1. The molecule has 0 aromatic carbocycles. The van der Waals surface area contributed by atoms with E-state index in [4.69, 9.17) is 4.74 Å². The van der Waals surface area contributed by atoms with Crippen molar-refractivity contribution in [2.24, 2.45) is 0 Å². The highest BCUT2D eigenvalue weighted by molar-refractivity contribution is 4.97. The second-order valence-electron chi connectivity index (χ2n) is 3.84. The van der Waals surface area contributed by atoms with Crippen molar-refractivity contribution >= 4 is 0 Å². The predicted octanol–water partition coefficient (Wildman–Crippen LogP) is 2.11.